The normalized spacial score (nSPS) is 24.4. The highest BCUT2D eigenvalue weighted by Gasteiger charge is 2.41. The minimum Gasteiger partial charge on any atom is -0.384 e. The fourth-order valence-corrected chi connectivity index (χ4v) is 2.87. The van der Waals surface area contributed by atoms with Crippen LogP contribution < -0.4 is 0 Å². The number of hydrogen-bond acceptors (Lipinski definition) is 2. The Labute approximate surface area is 103 Å². The summed E-state index contributed by atoms with van der Waals surface area (Å²) in [4.78, 5) is 12.0. The first-order chi connectivity index (χ1) is 8.18. The van der Waals surface area contributed by atoms with Crippen LogP contribution in [0.5, 0.6) is 0 Å². The summed E-state index contributed by atoms with van der Waals surface area (Å²) < 4.78 is 0. The SMILES string of the molecule is CCC(O)(c1ccccc1)C1CCCCC1=O. The molecule has 1 aromatic rings. The second-order valence-corrected chi connectivity index (χ2v) is 4.91. The largest absolute Gasteiger partial charge is 0.384 e. The average molecular weight is 232 g/mol. The molecule has 0 aliphatic heterocycles. The van der Waals surface area contributed by atoms with Crippen LogP contribution in [0, 0.1) is 5.92 Å². The van der Waals surface area contributed by atoms with Gasteiger partial charge in [0.05, 0.1) is 11.5 Å². The maximum Gasteiger partial charge on any atom is 0.139 e. The predicted octanol–water partition coefficient (Wildman–Crippen LogP) is 3.04. The zero-order valence-electron chi connectivity index (χ0n) is 10.4. The van der Waals surface area contributed by atoms with Crippen molar-refractivity contribution in [2.75, 3.05) is 0 Å². The van der Waals surface area contributed by atoms with Gasteiger partial charge in [-0.2, -0.15) is 0 Å². The van der Waals surface area contributed by atoms with Gasteiger partial charge in [-0.15, -0.1) is 0 Å². The molecule has 1 aliphatic rings. The van der Waals surface area contributed by atoms with Crippen molar-refractivity contribution in [2.45, 2.75) is 44.6 Å². The first-order valence-corrected chi connectivity index (χ1v) is 6.49. The number of hydrogen-bond donors (Lipinski definition) is 1. The highest BCUT2D eigenvalue weighted by Crippen LogP contribution is 2.39. The molecule has 0 bridgehead atoms. The molecule has 2 heteroatoms. The molecular formula is C15H20O2. The fraction of sp³-hybridized carbons (Fsp3) is 0.533. The monoisotopic (exact) mass is 232 g/mol. The number of carbonyl (C=O) groups is 1. The molecule has 0 amide bonds. The number of Topliss-reactive ketones (excluding diaryl/α,β-unsaturated/α-hetero) is 1. The molecule has 2 atom stereocenters. The molecule has 0 radical (unpaired) electrons. The van der Waals surface area contributed by atoms with Crippen LogP contribution in [-0.2, 0) is 10.4 Å². The Morgan fingerprint density at radius 3 is 2.59 bits per heavy atom. The average Bonchev–Trinajstić information content (AvgIpc) is 2.39. The molecule has 1 aromatic carbocycles. The smallest absolute Gasteiger partial charge is 0.139 e. The van der Waals surface area contributed by atoms with E-state index in [1.807, 2.05) is 37.3 Å². The summed E-state index contributed by atoms with van der Waals surface area (Å²) in [5.41, 5.74) is -0.0959. The quantitative estimate of drug-likeness (QED) is 0.869. The Morgan fingerprint density at radius 1 is 1.29 bits per heavy atom. The molecule has 1 fully saturated rings. The van der Waals surface area contributed by atoms with E-state index in [1.54, 1.807) is 0 Å². The predicted molar refractivity (Wildman–Crippen MR) is 67.6 cm³/mol. The first kappa shape index (κ1) is 12.3. The highest BCUT2D eigenvalue weighted by atomic mass is 16.3. The van der Waals surface area contributed by atoms with Gasteiger partial charge in [-0.3, -0.25) is 4.79 Å². The summed E-state index contributed by atoms with van der Waals surface area (Å²) in [6, 6.07) is 9.62. The number of carbonyl (C=O) groups excluding carboxylic acids is 1. The first-order valence-electron chi connectivity index (χ1n) is 6.49. The zero-order valence-corrected chi connectivity index (χ0v) is 10.4. The van der Waals surface area contributed by atoms with E-state index in [0.717, 1.165) is 24.8 Å². The van der Waals surface area contributed by atoms with Crippen molar-refractivity contribution in [1.82, 2.24) is 0 Å². The van der Waals surface area contributed by atoms with E-state index >= 15 is 0 Å². The molecule has 2 nitrogen and oxygen atoms in total. The molecule has 17 heavy (non-hydrogen) atoms. The van der Waals surface area contributed by atoms with Crippen molar-refractivity contribution in [1.29, 1.82) is 0 Å². The number of ketones is 1. The van der Waals surface area contributed by atoms with Crippen molar-refractivity contribution in [3.05, 3.63) is 35.9 Å². The minimum absolute atomic E-state index is 0.219. The van der Waals surface area contributed by atoms with Crippen LogP contribution in [0.1, 0.15) is 44.6 Å². The highest BCUT2D eigenvalue weighted by molar-refractivity contribution is 5.83. The van der Waals surface area contributed by atoms with Gasteiger partial charge >= 0.3 is 0 Å². The Bertz CT molecular complexity index is 385. The van der Waals surface area contributed by atoms with Crippen molar-refractivity contribution in [2.24, 2.45) is 5.92 Å². The molecule has 0 heterocycles. The van der Waals surface area contributed by atoms with Crippen molar-refractivity contribution in [3.63, 3.8) is 0 Å². The minimum atomic E-state index is -0.973. The van der Waals surface area contributed by atoms with Gasteiger partial charge in [-0.25, -0.2) is 0 Å². The van der Waals surface area contributed by atoms with E-state index in [1.165, 1.54) is 0 Å². The summed E-state index contributed by atoms with van der Waals surface area (Å²) in [5, 5.41) is 10.9. The van der Waals surface area contributed by atoms with Gasteiger partial charge in [0, 0.05) is 6.42 Å². The van der Waals surface area contributed by atoms with E-state index in [0.29, 0.717) is 12.8 Å². The number of aliphatic hydroxyl groups is 1. The second kappa shape index (κ2) is 5.01. The maximum absolute atomic E-state index is 12.0. The lowest BCUT2D eigenvalue weighted by Gasteiger charge is -2.37. The Morgan fingerprint density at radius 2 is 2.00 bits per heavy atom. The zero-order chi connectivity index (χ0) is 12.3. The van der Waals surface area contributed by atoms with Crippen molar-refractivity contribution < 1.29 is 9.90 Å². The number of benzene rings is 1. The fourth-order valence-electron chi connectivity index (χ4n) is 2.87. The topological polar surface area (TPSA) is 37.3 Å². The van der Waals surface area contributed by atoms with Crippen LogP contribution in [0.15, 0.2) is 30.3 Å². The third-order valence-electron chi connectivity index (χ3n) is 3.94. The van der Waals surface area contributed by atoms with E-state index in [4.69, 9.17) is 0 Å². The summed E-state index contributed by atoms with van der Waals surface area (Å²) >= 11 is 0. The summed E-state index contributed by atoms with van der Waals surface area (Å²) in [6.07, 6.45) is 4.06. The summed E-state index contributed by atoms with van der Waals surface area (Å²) in [7, 11) is 0. The van der Waals surface area contributed by atoms with Crippen LogP contribution in [0.25, 0.3) is 0 Å². The van der Waals surface area contributed by atoms with Crippen LogP contribution >= 0.6 is 0 Å². The summed E-state index contributed by atoms with van der Waals surface area (Å²) in [6.45, 7) is 1.95. The van der Waals surface area contributed by atoms with E-state index in [-0.39, 0.29) is 11.7 Å². The molecule has 1 N–H and O–H groups in total. The van der Waals surface area contributed by atoms with E-state index < -0.39 is 5.60 Å². The summed E-state index contributed by atoms with van der Waals surface area (Å²) in [5.74, 6) is 0.00750. The molecule has 0 saturated heterocycles. The van der Waals surface area contributed by atoms with Gasteiger partial charge in [0.25, 0.3) is 0 Å². The Balaban J connectivity index is 2.33. The molecule has 2 rings (SSSR count). The van der Waals surface area contributed by atoms with Gasteiger partial charge in [-0.1, -0.05) is 43.7 Å². The third kappa shape index (κ3) is 2.27. The lowest BCUT2D eigenvalue weighted by atomic mass is 9.71. The molecule has 1 saturated carbocycles. The van der Waals surface area contributed by atoms with Crippen LogP contribution in [0.4, 0.5) is 0 Å². The molecule has 0 spiro atoms. The molecule has 0 aromatic heterocycles. The van der Waals surface area contributed by atoms with E-state index in [2.05, 4.69) is 0 Å². The molecule has 92 valence electrons. The molecule has 1 aliphatic carbocycles. The van der Waals surface area contributed by atoms with Crippen LogP contribution in [-0.4, -0.2) is 10.9 Å². The second-order valence-electron chi connectivity index (χ2n) is 4.91. The van der Waals surface area contributed by atoms with Crippen LogP contribution in [0.2, 0.25) is 0 Å². The Kier molecular flexibility index (Phi) is 3.63. The Hall–Kier alpha value is -1.15. The molecule has 2 unspecified atom stereocenters. The molecular weight excluding hydrogens is 212 g/mol. The number of rotatable bonds is 3. The van der Waals surface area contributed by atoms with Gasteiger partial charge < -0.3 is 5.11 Å². The van der Waals surface area contributed by atoms with Crippen molar-refractivity contribution in [3.8, 4) is 0 Å². The maximum atomic E-state index is 12.0. The van der Waals surface area contributed by atoms with Gasteiger partial charge in [0.2, 0.25) is 0 Å². The standard InChI is InChI=1S/C15H20O2/c1-2-15(17,12-8-4-3-5-9-12)13-10-6-7-11-14(13)16/h3-5,8-9,13,17H,2,6-7,10-11H2,1H3. The van der Waals surface area contributed by atoms with Crippen LogP contribution in [0.3, 0.4) is 0 Å². The van der Waals surface area contributed by atoms with Crippen molar-refractivity contribution >= 4 is 5.78 Å². The van der Waals surface area contributed by atoms with Gasteiger partial charge in [0.15, 0.2) is 0 Å². The van der Waals surface area contributed by atoms with Gasteiger partial charge in [0.1, 0.15) is 5.78 Å². The van der Waals surface area contributed by atoms with Gasteiger partial charge in [-0.05, 0) is 24.8 Å². The lowest BCUT2D eigenvalue weighted by Crippen LogP contribution is -2.41. The lowest BCUT2D eigenvalue weighted by molar-refractivity contribution is -0.137. The third-order valence-corrected chi connectivity index (χ3v) is 3.94. The van der Waals surface area contributed by atoms with E-state index in [9.17, 15) is 9.90 Å².